The lowest BCUT2D eigenvalue weighted by molar-refractivity contribution is -0.139. The molecule has 1 aromatic carbocycles. The van der Waals surface area contributed by atoms with Crippen molar-refractivity contribution >= 4 is 40.7 Å². The molecule has 4 aromatic rings. The van der Waals surface area contributed by atoms with E-state index in [1.54, 1.807) is 50.3 Å². The van der Waals surface area contributed by atoms with Gasteiger partial charge in [0.1, 0.15) is 17.6 Å². The highest BCUT2D eigenvalue weighted by Gasteiger charge is 2.33. The first-order chi connectivity index (χ1) is 17.8. The van der Waals surface area contributed by atoms with Crippen LogP contribution in [0.15, 0.2) is 73.3 Å². The maximum Gasteiger partial charge on any atom is 0.338 e. The number of aromatic nitrogens is 1. The molecular formula is C27H22N2O6S2. The summed E-state index contributed by atoms with van der Waals surface area (Å²) >= 11 is 2.66. The Balaban J connectivity index is 1.61. The van der Waals surface area contributed by atoms with Gasteiger partial charge in [-0.25, -0.2) is 14.6 Å². The van der Waals surface area contributed by atoms with Crippen LogP contribution >= 0.6 is 22.7 Å². The number of aromatic carboxylic acids is 1. The van der Waals surface area contributed by atoms with Crippen LogP contribution in [0.5, 0.6) is 0 Å². The van der Waals surface area contributed by atoms with E-state index in [9.17, 15) is 19.5 Å². The van der Waals surface area contributed by atoms with E-state index in [0.29, 0.717) is 37.7 Å². The monoisotopic (exact) mass is 534 g/mol. The molecule has 0 saturated heterocycles. The minimum Gasteiger partial charge on any atom is -0.478 e. The van der Waals surface area contributed by atoms with Crippen LogP contribution in [0.3, 0.4) is 0 Å². The van der Waals surface area contributed by atoms with E-state index in [4.69, 9.17) is 9.15 Å². The summed E-state index contributed by atoms with van der Waals surface area (Å²) in [4.78, 5) is 43.7. The zero-order chi connectivity index (χ0) is 26.3. The van der Waals surface area contributed by atoms with Crippen molar-refractivity contribution in [3.63, 3.8) is 0 Å². The number of allylic oxidation sites excluding steroid dienone is 1. The van der Waals surface area contributed by atoms with Gasteiger partial charge in [0.2, 0.25) is 0 Å². The third kappa shape index (κ3) is 4.49. The molecule has 0 spiro atoms. The van der Waals surface area contributed by atoms with Gasteiger partial charge < -0.3 is 14.3 Å². The number of rotatable bonds is 6. The molecule has 0 radical (unpaired) electrons. The van der Waals surface area contributed by atoms with Crippen molar-refractivity contribution in [1.29, 1.82) is 0 Å². The number of carboxylic acid groups (broad SMARTS) is 1. The topological polar surface area (TPSA) is 111 Å². The normalized spacial score (nSPS) is 15.4. The quantitative estimate of drug-likeness (QED) is 0.373. The number of benzene rings is 1. The van der Waals surface area contributed by atoms with E-state index in [1.165, 1.54) is 27.2 Å². The lowest BCUT2D eigenvalue weighted by Crippen LogP contribution is -2.39. The number of hydrogen-bond donors (Lipinski definition) is 1. The van der Waals surface area contributed by atoms with E-state index < -0.39 is 18.0 Å². The number of hydrogen-bond acceptors (Lipinski definition) is 8. The number of carbonyl (C=O) groups excluding carboxylic acids is 1. The van der Waals surface area contributed by atoms with Crippen LogP contribution in [0.4, 0.5) is 0 Å². The molecule has 1 atom stereocenters. The Labute approximate surface area is 219 Å². The fourth-order valence-corrected chi connectivity index (χ4v) is 6.08. The number of carboxylic acids is 1. The SMILES string of the molecule is CCOC(=O)C1=C(C)N=c2s/c(=C\c3ccc(-c4cc(C(=O)O)ccc4C)o3)c(=O)n2[C@@H]1c1cccs1. The van der Waals surface area contributed by atoms with Gasteiger partial charge >= 0.3 is 11.9 Å². The number of thiazole rings is 1. The molecule has 5 rings (SSSR count). The van der Waals surface area contributed by atoms with E-state index in [1.807, 2.05) is 24.4 Å². The van der Waals surface area contributed by atoms with Crippen molar-refractivity contribution in [2.75, 3.05) is 6.61 Å². The number of esters is 1. The Morgan fingerprint density at radius 2 is 2.03 bits per heavy atom. The van der Waals surface area contributed by atoms with Gasteiger partial charge in [-0.3, -0.25) is 9.36 Å². The first-order valence-electron chi connectivity index (χ1n) is 11.5. The first-order valence-corrected chi connectivity index (χ1v) is 13.1. The molecule has 1 aliphatic rings. The van der Waals surface area contributed by atoms with Crippen LogP contribution in [0.1, 0.15) is 46.4 Å². The lowest BCUT2D eigenvalue weighted by Gasteiger charge is -2.23. The Morgan fingerprint density at radius 3 is 2.73 bits per heavy atom. The molecule has 0 bridgehead atoms. The van der Waals surface area contributed by atoms with Crippen LogP contribution in [0, 0.1) is 6.92 Å². The molecule has 0 amide bonds. The molecule has 1 N–H and O–H groups in total. The Morgan fingerprint density at radius 1 is 1.22 bits per heavy atom. The molecule has 0 saturated carbocycles. The van der Waals surface area contributed by atoms with Crippen LogP contribution < -0.4 is 14.9 Å². The second-order valence-electron chi connectivity index (χ2n) is 8.35. The number of nitrogens with zero attached hydrogens (tertiary/aromatic N) is 2. The van der Waals surface area contributed by atoms with Gasteiger partial charge in [0.15, 0.2) is 4.80 Å². The summed E-state index contributed by atoms with van der Waals surface area (Å²) in [6.07, 6.45) is 1.64. The average Bonchev–Trinajstić information content (AvgIpc) is 3.61. The van der Waals surface area contributed by atoms with E-state index >= 15 is 0 Å². The number of aryl methyl sites for hydroxylation is 1. The Hall–Kier alpha value is -4.02. The summed E-state index contributed by atoms with van der Waals surface area (Å²) < 4.78 is 13.2. The summed E-state index contributed by atoms with van der Waals surface area (Å²) in [6, 6.07) is 11.4. The first kappa shape index (κ1) is 24.7. The highest BCUT2D eigenvalue weighted by Crippen LogP contribution is 2.33. The molecule has 0 unspecified atom stereocenters. The number of thiophene rings is 1. The van der Waals surface area contributed by atoms with Gasteiger partial charge in [-0.2, -0.15) is 0 Å². The zero-order valence-corrected chi connectivity index (χ0v) is 21.8. The minimum atomic E-state index is -1.02. The highest BCUT2D eigenvalue weighted by molar-refractivity contribution is 7.10. The standard InChI is InChI=1S/C27H22N2O6S2/c1-4-34-26(33)22-15(3)28-27-29(23(22)20-6-5-11-36-20)24(30)21(37-27)13-17-9-10-19(35-17)18-12-16(25(31)32)8-7-14(18)2/h5-13,23H,4H2,1-3H3,(H,31,32)/b21-13-/t23-/m1/s1. The molecular weight excluding hydrogens is 512 g/mol. The molecule has 3 aromatic heterocycles. The average molecular weight is 535 g/mol. The molecule has 8 nitrogen and oxygen atoms in total. The van der Waals surface area contributed by atoms with Crippen molar-refractivity contribution < 1.29 is 23.8 Å². The molecule has 188 valence electrons. The third-order valence-electron chi connectivity index (χ3n) is 5.98. The van der Waals surface area contributed by atoms with Crippen molar-refractivity contribution in [2.24, 2.45) is 4.99 Å². The second kappa shape index (κ2) is 9.79. The van der Waals surface area contributed by atoms with Crippen LogP contribution in [0.25, 0.3) is 17.4 Å². The number of carbonyl (C=O) groups is 2. The maximum atomic E-state index is 13.6. The van der Waals surface area contributed by atoms with E-state index in [2.05, 4.69) is 4.99 Å². The summed E-state index contributed by atoms with van der Waals surface area (Å²) in [6.45, 7) is 5.57. The molecule has 0 fully saturated rings. The largest absolute Gasteiger partial charge is 0.478 e. The second-order valence-corrected chi connectivity index (χ2v) is 10.3. The van der Waals surface area contributed by atoms with E-state index in [0.717, 1.165) is 10.4 Å². The summed E-state index contributed by atoms with van der Waals surface area (Å²) in [5.74, 6) is -0.580. The van der Waals surface area contributed by atoms with Crippen LogP contribution in [0.2, 0.25) is 0 Å². The van der Waals surface area contributed by atoms with Gasteiger partial charge in [0.05, 0.1) is 28.0 Å². The summed E-state index contributed by atoms with van der Waals surface area (Å²) in [5, 5.41) is 11.2. The molecule has 10 heteroatoms. The van der Waals surface area contributed by atoms with Gasteiger partial charge in [-0.1, -0.05) is 23.5 Å². The third-order valence-corrected chi connectivity index (χ3v) is 7.89. The predicted molar refractivity (Wildman–Crippen MR) is 141 cm³/mol. The molecule has 37 heavy (non-hydrogen) atoms. The summed E-state index contributed by atoms with van der Waals surface area (Å²) in [5.41, 5.74) is 2.25. The Kier molecular flexibility index (Phi) is 6.53. The van der Waals surface area contributed by atoms with Gasteiger partial charge in [0, 0.05) is 16.5 Å². The Bertz CT molecular complexity index is 1740. The van der Waals surface area contributed by atoms with Gasteiger partial charge in [0.25, 0.3) is 5.56 Å². The fraction of sp³-hybridized carbons (Fsp3) is 0.185. The van der Waals surface area contributed by atoms with Crippen LogP contribution in [-0.4, -0.2) is 28.2 Å². The summed E-state index contributed by atoms with van der Waals surface area (Å²) in [7, 11) is 0. The smallest absolute Gasteiger partial charge is 0.338 e. The van der Waals surface area contributed by atoms with Gasteiger partial charge in [-0.15, -0.1) is 11.3 Å². The number of fused-ring (bicyclic) bond motifs is 1. The number of ether oxygens (including phenoxy) is 1. The molecule has 0 aliphatic carbocycles. The minimum absolute atomic E-state index is 0.160. The highest BCUT2D eigenvalue weighted by atomic mass is 32.1. The van der Waals surface area contributed by atoms with E-state index in [-0.39, 0.29) is 17.7 Å². The van der Waals surface area contributed by atoms with Crippen LogP contribution in [-0.2, 0) is 9.53 Å². The van der Waals surface area contributed by atoms with Crippen molar-refractivity contribution in [1.82, 2.24) is 4.57 Å². The van der Waals surface area contributed by atoms with Crippen molar-refractivity contribution in [2.45, 2.75) is 26.8 Å². The van der Waals surface area contributed by atoms with Gasteiger partial charge in [-0.05, 0) is 62.0 Å². The van der Waals surface area contributed by atoms with Crippen molar-refractivity contribution in [3.05, 3.63) is 101 Å². The predicted octanol–water partition coefficient (Wildman–Crippen LogP) is 4.13. The maximum absolute atomic E-state index is 13.6. The molecule has 1 aliphatic heterocycles. The molecule has 4 heterocycles. The zero-order valence-electron chi connectivity index (χ0n) is 20.2. The van der Waals surface area contributed by atoms with Crippen molar-refractivity contribution in [3.8, 4) is 11.3 Å². The number of furan rings is 1. The fourth-order valence-electron chi connectivity index (χ4n) is 4.23. The lowest BCUT2D eigenvalue weighted by atomic mass is 10.0.